The minimum Gasteiger partial charge on any atom is -0.505 e. The molecule has 7 heteroatoms. The summed E-state index contributed by atoms with van der Waals surface area (Å²) in [5, 5.41) is 11.4. The predicted molar refractivity (Wildman–Crippen MR) is 123 cm³/mol. The number of aromatic nitrogens is 2. The summed E-state index contributed by atoms with van der Waals surface area (Å²) in [6, 6.07) is 14.3. The van der Waals surface area contributed by atoms with E-state index in [2.05, 4.69) is 23.7 Å². The molecule has 1 atom stereocenters. The number of hydrogen-bond donors (Lipinski definition) is 1. The number of aliphatic hydroxyl groups is 1. The quantitative estimate of drug-likeness (QED) is 0.352. The van der Waals surface area contributed by atoms with Gasteiger partial charge in [0.05, 0.1) is 17.3 Å². The molecule has 0 bridgehead atoms. The largest absolute Gasteiger partial charge is 0.505 e. The standard InChI is InChI=1S/C25H28N4O3/c1-4-27(5-2)15-16-29-22(18-11-7-6-8-12-18)20(24(31)25(29)32)23(30)21-17(3)26-19-13-9-10-14-28(19)21/h6-14,22,30H,4-5,15-16H2,1-3H3/b23-20+. The van der Waals surface area contributed by atoms with Gasteiger partial charge in [-0.3, -0.25) is 14.0 Å². The van der Waals surface area contributed by atoms with Crippen LogP contribution in [0.3, 0.4) is 0 Å². The molecule has 1 aromatic carbocycles. The van der Waals surface area contributed by atoms with Gasteiger partial charge >= 0.3 is 0 Å². The van der Waals surface area contributed by atoms with E-state index in [-0.39, 0.29) is 11.3 Å². The Hall–Kier alpha value is -3.45. The number of ketones is 1. The van der Waals surface area contributed by atoms with E-state index in [1.807, 2.05) is 48.5 Å². The Morgan fingerprint density at radius 1 is 1.06 bits per heavy atom. The van der Waals surface area contributed by atoms with E-state index in [0.29, 0.717) is 30.1 Å². The van der Waals surface area contributed by atoms with Crippen LogP contribution in [0.2, 0.25) is 0 Å². The van der Waals surface area contributed by atoms with E-state index < -0.39 is 17.7 Å². The van der Waals surface area contributed by atoms with E-state index in [1.165, 1.54) is 0 Å². The fraction of sp³-hybridized carbons (Fsp3) is 0.320. The predicted octanol–water partition coefficient (Wildman–Crippen LogP) is 3.41. The molecule has 3 heterocycles. The summed E-state index contributed by atoms with van der Waals surface area (Å²) in [4.78, 5) is 34.6. The van der Waals surface area contributed by atoms with Crippen LogP contribution < -0.4 is 0 Å². The van der Waals surface area contributed by atoms with Gasteiger partial charge in [-0.1, -0.05) is 50.2 Å². The Labute approximate surface area is 187 Å². The van der Waals surface area contributed by atoms with Crippen molar-refractivity contribution in [1.29, 1.82) is 0 Å². The minimum atomic E-state index is -0.666. The molecule has 1 N–H and O–H groups in total. The van der Waals surface area contributed by atoms with Gasteiger partial charge in [0.1, 0.15) is 11.3 Å². The van der Waals surface area contributed by atoms with Gasteiger partial charge in [-0.05, 0) is 37.7 Å². The second-order valence-corrected chi connectivity index (χ2v) is 7.90. The topological polar surface area (TPSA) is 78.2 Å². The van der Waals surface area contributed by atoms with Crippen molar-refractivity contribution in [2.45, 2.75) is 26.8 Å². The molecule has 0 radical (unpaired) electrons. The molecule has 1 saturated heterocycles. The van der Waals surface area contributed by atoms with Crippen LogP contribution in [0.5, 0.6) is 0 Å². The van der Waals surface area contributed by atoms with Crippen LogP contribution in [-0.2, 0) is 9.59 Å². The van der Waals surface area contributed by atoms with Crippen molar-refractivity contribution >= 4 is 23.1 Å². The maximum atomic E-state index is 13.2. The van der Waals surface area contributed by atoms with Crippen LogP contribution in [0.15, 0.2) is 60.3 Å². The molecule has 1 fully saturated rings. The molecule has 1 unspecified atom stereocenters. The summed E-state index contributed by atoms with van der Waals surface area (Å²) in [7, 11) is 0. The highest BCUT2D eigenvalue weighted by Crippen LogP contribution is 2.39. The monoisotopic (exact) mass is 432 g/mol. The van der Waals surface area contributed by atoms with Gasteiger partial charge in [0, 0.05) is 19.3 Å². The second-order valence-electron chi connectivity index (χ2n) is 7.90. The number of likely N-dealkylation sites (tertiary alicyclic amines) is 1. The summed E-state index contributed by atoms with van der Waals surface area (Å²) in [6.07, 6.45) is 1.79. The number of pyridine rings is 1. The van der Waals surface area contributed by atoms with Gasteiger partial charge < -0.3 is 14.9 Å². The molecule has 32 heavy (non-hydrogen) atoms. The van der Waals surface area contributed by atoms with E-state index in [4.69, 9.17) is 0 Å². The van der Waals surface area contributed by atoms with E-state index in [0.717, 1.165) is 18.7 Å². The first kappa shape index (κ1) is 21.8. The van der Waals surface area contributed by atoms with Crippen LogP contribution in [0.1, 0.15) is 36.8 Å². The Bertz CT molecular complexity index is 1180. The summed E-state index contributed by atoms with van der Waals surface area (Å²) in [5.74, 6) is -1.45. The van der Waals surface area contributed by atoms with Gasteiger partial charge in [-0.25, -0.2) is 4.98 Å². The lowest BCUT2D eigenvalue weighted by Gasteiger charge is -2.28. The number of carbonyl (C=O) groups is 2. The number of Topliss-reactive ketones (excluding diaryl/α,β-unsaturated/α-hetero) is 1. The van der Waals surface area contributed by atoms with Crippen LogP contribution >= 0.6 is 0 Å². The molecular formula is C25H28N4O3. The highest BCUT2D eigenvalue weighted by atomic mass is 16.3. The number of carbonyl (C=O) groups excluding carboxylic acids is 2. The fourth-order valence-corrected chi connectivity index (χ4v) is 4.41. The first-order valence-electron chi connectivity index (χ1n) is 11.0. The van der Waals surface area contributed by atoms with Crippen molar-refractivity contribution in [3.05, 3.63) is 77.3 Å². The van der Waals surface area contributed by atoms with Crippen LogP contribution in [0.4, 0.5) is 0 Å². The molecule has 0 spiro atoms. The molecule has 1 aliphatic rings. The third-order valence-corrected chi connectivity index (χ3v) is 6.14. The van der Waals surface area contributed by atoms with Gasteiger partial charge in [0.25, 0.3) is 11.7 Å². The van der Waals surface area contributed by atoms with Crippen molar-refractivity contribution < 1.29 is 14.7 Å². The number of aliphatic hydroxyl groups excluding tert-OH is 1. The molecule has 166 valence electrons. The lowest BCUT2D eigenvalue weighted by molar-refractivity contribution is -0.140. The molecule has 2 aromatic heterocycles. The van der Waals surface area contributed by atoms with Crippen molar-refractivity contribution in [2.24, 2.45) is 0 Å². The van der Waals surface area contributed by atoms with Crippen molar-refractivity contribution in [3.63, 3.8) is 0 Å². The number of benzene rings is 1. The fourth-order valence-electron chi connectivity index (χ4n) is 4.41. The SMILES string of the molecule is CCN(CC)CCN1C(=O)C(=O)/C(=C(/O)c2c(C)nc3ccccn23)C1c1ccccc1. The van der Waals surface area contributed by atoms with E-state index in [9.17, 15) is 14.7 Å². The smallest absolute Gasteiger partial charge is 0.295 e. The molecule has 0 aliphatic carbocycles. The third-order valence-electron chi connectivity index (χ3n) is 6.14. The second kappa shape index (κ2) is 8.96. The number of aryl methyl sites for hydroxylation is 1. The van der Waals surface area contributed by atoms with Crippen LogP contribution in [0, 0.1) is 6.92 Å². The Kier molecular flexibility index (Phi) is 6.10. The van der Waals surface area contributed by atoms with E-state index in [1.54, 1.807) is 22.4 Å². The average Bonchev–Trinajstić information content (AvgIpc) is 3.28. The molecule has 0 saturated carbocycles. The third kappa shape index (κ3) is 3.69. The normalized spacial score (nSPS) is 18.2. The lowest BCUT2D eigenvalue weighted by atomic mass is 9.96. The van der Waals surface area contributed by atoms with Gasteiger partial charge in [-0.2, -0.15) is 0 Å². The zero-order chi connectivity index (χ0) is 22.8. The summed E-state index contributed by atoms with van der Waals surface area (Å²) >= 11 is 0. The number of nitrogens with zero attached hydrogens (tertiary/aromatic N) is 4. The Balaban J connectivity index is 1.86. The Morgan fingerprint density at radius 2 is 1.75 bits per heavy atom. The lowest BCUT2D eigenvalue weighted by Crippen LogP contribution is -2.38. The van der Waals surface area contributed by atoms with Crippen molar-refractivity contribution in [2.75, 3.05) is 26.2 Å². The minimum absolute atomic E-state index is 0.106. The maximum absolute atomic E-state index is 13.2. The zero-order valence-corrected chi connectivity index (χ0v) is 18.7. The highest BCUT2D eigenvalue weighted by Gasteiger charge is 2.46. The molecule has 1 aliphatic heterocycles. The first-order chi connectivity index (χ1) is 15.5. The molecule has 1 amide bonds. The highest BCUT2D eigenvalue weighted by molar-refractivity contribution is 6.46. The van der Waals surface area contributed by atoms with Crippen LogP contribution in [-0.4, -0.2) is 62.2 Å². The number of amides is 1. The van der Waals surface area contributed by atoms with Crippen LogP contribution in [0.25, 0.3) is 11.4 Å². The molecular weight excluding hydrogens is 404 g/mol. The van der Waals surface area contributed by atoms with Gasteiger partial charge in [-0.15, -0.1) is 0 Å². The Morgan fingerprint density at radius 3 is 2.44 bits per heavy atom. The molecule has 4 rings (SSSR count). The number of rotatable bonds is 7. The summed E-state index contributed by atoms with van der Waals surface area (Å²) in [5.41, 5.74) is 2.59. The zero-order valence-electron chi connectivity index (χ0n) is 18.7. The number of fused-ring (bicyclic) bond motifs is 1. The van der Waals surface area contributed by atoms with Crippen molar-refractivity contribution in [1.82, 2.24) is 19.2 Å². The molecule has 7 nitrogen and oxygen atoms in total. The van der Waals surface area contributed by atoms with Crippen molar-refractivity contribution in [3.8, 4) is 0 Å². The number of likely N-dealkylation sites (N-methyl/N-ethyl adjacent to an activating group) is 1. The summed E-state index contributed by atoms with van der Waals surface area (Å²) < 4.78 is 1.75. The van der Waals surface area contributed by atoms with Gasteiger partial charge in [0.15, 0.2) is 5.76 Å². The maximum Gasteiger partial charge on any atom is 0.295 e. The average molecular weight is 433 g/mol. The number of hydrogen-bond acceptors (Lipinski definition) is 5. The first-order valence-corrected chi connectivity index (χ1v) is 11.0. The van der Waals surface area contributed by atoms with E-state index >= 15 is 0 Å². The number of imidazole rings is 1. The summed E-state index contributed by atoms with van der Waals surface area (Å²) in [6.45, 7) is 8.69. The molecule has 3 aromatic rings. The van der Waals surface area contributed by atoms with Gasteiger partial charge in [0.2, 0.25) is 0 Å².